The maximum atomic E-state index is 13.6. The lowest BCUT2D eigenvalue weighted by molar-refractivity contribution is -0.117. The van der Waals surface area contributed by atoms with Gasteiger partial charge in [-0.25, -0.2) is 4.39 Å². The lowest BCUT2D eigenvalue weighted by Crippen LogP contribution is -2.59. The number of rotatable bonds is 12. The van der Waals surface area contributed by atoms with Crippen LogP contribution in [0.3, 0.4) is 0 Å². The topological polar surface area (TPSA) is 105 Å². The number of piperazine rings is 1. The Morgan fingerprint density at radius 3 is 2.33 bits per heavy atom. The number of fused-ring (bicyclic) bond motifs is 1. The highest BCUT2D eigenvalue weighted by molar-refractivity contribution is 6.31. The zero-order valence-electron chi connectivity index (χ0n) is 30.0. The molecular formula is C38H47ClFN7O4. The van der Waals surface area contributed by atoms with Crippen LogP contribution in [-0.4, -0.2) is 109 Å². The molecule has 0 radical (unpaired) electrons. The van der Waals surface area contributed by atoms with Crippen molar-refractivity contribution < 1.29 is 23.4 Å². The summed E-state index contributed by atoms with van der Waals surface area (Å²) in [5.74, 6) is 1.33. The number of nitrogens with zero attached hydrogens (tertiary/aromatic N) is 6. The Morgan fingerprint density at radius 1 is 0.941 bits per heavy atom. The monoisotopic (exact) mass is 719 g/mol. The third-order valence-corrected chi connectivity index (χ3v) is 10.8. The van der Waals surface area contributed by atoms with Crippen LogP contribution >= 0.6 is 11.6 Å². The standard InChI is InChI=1S/C38H47ClFN7O4/c1-37(2,38(3,4)47-16-18-50-19-17-47)25-51-34-23-29-28(22-33(34)49-5)32(20-26-8-10-41-11-9-26)43-44-36(29)46-14-12-45(13-15-46)24-35(48)42-27-6-7-31(40)30(39)21-27/h6-11,21-23H,12-20,24-25H2,1-5H3,(H,42,48). The Balaban J connectivity index is 1.23. The van der Waals surface area contributed by atoms with Crippen LogP contribution < -0.4 is 19.7 Å². The number of benzene rings is 2. The number of hydrogen-bond acceptors (Lipinski definition) is 10. The van der Waals surface area contributed by atoms with E-state index in [1.807, 2.05) is 24.3 Å². The first-order valence-electron chi connectivity index (χ1n) is 17.4. The second-order valence-electron chi connectivity index (χ2n) is 14.3. The Morgan fingerprint density at radius 2 is 1.65 bits per heavy atom. The van der Waals surface area contributed by atoms with Gasteiger partial charge in [-0.05, 0) is 61.9 Å². The fourth-order valence-electron chi connectivity index (χ4n) is 6.61. The Kier molecular flexibility index (Phi) is 11.3. The maximum absolute atomic E-state index is 13.6. The molecule has 11 nitrogen and oxygen atoms in total. The number of carbonyl (C=O) groups excluding carboxylic acids is 1. The highest BCUT2D eigenvalue weighted by Gasteiger charge is 2.43. The van der Waals surface area contributed by atoms with Gasteiger partial charge in [-0.3, -0.25) is 19.6 Å². The van der Waals surface area contributed by atoms with Crippen molar-refractivity contribution in [2.75, 3.05) is 83.0 Å². The Bertz CT molecular complexity index is 1830. The summed E-state index contributed by atoms with van der Waals surface area (Å²) in [6, 6.07) is 12.2. The fourth-order valence-corrected chi connectivity index (χ4v) is 6.79. The number of methoxy groups -OCH3 is 1. The van der Waals surface area contributed by atoms with Crippen LogP contribution in [0.1, 0.15) is 39.0 Å². The molecule has 0 atom stereocenters. The van der Waals surface area contributed by atoms with E-state index >= 15 is 0 Å². The van der Waals surface area contributed by atoms with Crippen molar-refractivity contribution in [3.8, 4) is 11.5 Å². The van der Waals surface area contributed by atoms with E-state index in [9.17, 15) is 9.18 Å². The summed E-state index contributed by atoms with van der Waals surface area (Å²) in [6.45, 7) is 15.5. The molecule has 0 aliphatic carbocycles. The summed E-state index contributed by atoms with van der Waals surface area (Å²) < 4.78 is 31.8. The summed E-state index contributed by atoms with van der Waals surface area (Å²) in [7, 11) is 1.66. The van der Waals surface area contributed by atoms with Gasteiger partial charge in [0.15, 0.2) is 17.3 Å². The van der Waals surface area contributed by atoms with Crippen molar-refractivity contribution in [2.24, 2.45) is 5.41 Å². The molecule has 272 valence electrons. The minimum Gasteiger partial charge on any atom is -0.493 e. The molecule has 51 heavy (non-hydrogen) atoms. The molecule has 6 rings (SSSR count). The first-order valence-corrected chi connectivity index (χ1v) is 17.8. The van der Waals surface area contributed by atoms with Crippen molar-refractivity contribution in [1.82, 2.24) is 25.0 Å². The molecule has 4 heterocycles. The van der Waals surface area contributed by atoms with E-state index in [1.54, 1.807) is 19.5 Å². The van der Waals surface area contributed by atoms with Gasteiger partial charge in [0.1, 0.15) is 5.82 Å². The number of hydrogen-bond donors (Lipinski definition) is 1. The number of aromatic nitrogens is 3. The van der Waals surface area contributed by atoms with E-state index in [1.165, 1.54) is 18.2 Å². The molecule has 4 aromatic rings. The molecule has 2 aliphatic rings. The summed E-state index contributed by atoms with van der Waals surface area (Å²) in [6.07, 6.45) is 4.14. The molecule has 1 amide bonds. The molecule has 2 aliphatic heterocycles. The number of nitrogens with one attached hydrogen (secondary N) is 1. The smallest absolute Gasteiger partial charge is 0.238 e. The van der Waals surface area contributed by atoms with Crippen LogP contribution in [0.5, 0.6) is 11.5 Å². The third-order valence-electron chi connectivity index (χ3n) is 10.5. The van der Waals surface area contributed by atoms with Gasteiger partial charge in [-0.15, -0.1) is 5.10 Å². The van der Waals surface area contributed by atoms with Crippen molar-refractivity contribution >= 4 is 39.8 Å². The SMILES string of the molecule is COc1cc2c(Cc3ccncc3)nnc(N3CCN(CC(=O)Nc4ccc(F)c(Cl)c4)CC3)c2cc1OCC(C)(C)C(C)(C)N1CCOCC1. The number of pyridine rings is 1. The van der Waals surface area contributed by atoms with Gasteiger partial charge in [-0.2, -0.15) is 5.10 Å². The largest absolute Gasteiger partial charge is 0.493 e. The maximum Gasteiger partial charge on any atom is 0.238 e. The Hall–Kier alpha value is -4.10. The van der Waals surface area contributed by atoms with Crippen molar-refractivity contribution in [2.45, 2.75) is 39.7 Å². The number of halogens is 2. The quantitative estimate of drug-likeness (QED) is 0.196. The van der Waals surface area contributed by atoms with Crippen LogP contribution in [-0.2, 0) is 16.0 Å². The molecule has 2 fully saturated rings. The third kappa shape index (κ3) is 8.35. The molecule has 2 aromatic heterocycles. The van der Waals surface area contributed by atoms with E-state index in [4.69, 9.17) is 36.0 Å². The van der Waals surface area contributed by atoms with Crippen LogP contribution in [0.25, 0.3) is 10.8 Å². The van der Waals surface area contributed by atoms with Gasteiger partial charge in [0.05, 0.1) is 44.2 Å². The summed E-state index contributed by atoms with van der Waals surface area (Å²) in [4.78, 5) is 23.8. The van der Waals surface area contributed by atoms with Crippen molar-refractivity contribution in [3.63, 3.8) is 0 Å². The molecule has 0 saturated carbocycles. The van der Waals surface area contributed by atoms with Gasteiger partial charge in [0.2, 0.25) is 5.91 Å². The molecule has 2 aromatic carbocycles. The number of anilines is 2. The predicted octanol–water partition coefficient (Wildman–Crippen LogP) is 5.69. The average molecular weight is 720 g/mol. The Labute approximate surface area is 304 Å². The molecular weight excluding hydrogens is 673 g/mol. The number of amides is 1. The molecule has 0 unspecified atom stereocenters. The lowest BCUT2D eigenvalue weighted by atomic mass is 9.73. The molecule has 2 saturated heterocycles. The average Bonchev–Trinajstić information content (AvgIpc) is 3.13. The van der Waals surface area contributed by atoms with Crippen LogP contribution in [0.15, 0.2) is 54.9 Å². The molecule has 0 bridgehead atoms. The van der Waals surface area contributed by atoms with E-state index in [0.717, 1.165) is 54.2 Å². The van der Waals surface area contributed by atoms with Gasteiger partial charge in [-0.1, -0.05) is 25.4 Å². The lowest BCUT2D eigenvalue weighted by Gasteiger charge is -2.50. The second kappa shape index (κ2) is 15.6. The zero-order chi connectivity index (χ0) is 36.2. The molecule has 13 heteroatoms. The van der Waals surface area contributed by atoms with E-state index in [2.05, 4.69) is 52.7 Å². The first kappa shape index (κ1) is 36.7. The molecule has 1 N–H and O–H groups in total. The summed E-state index contributed by atoms with van der Waals surface area (Å²) in [5.41, 5.74) is 2.02. The highest BCUT2D eigenvalue weighted by Crippen LogP contribution is 2.41. The number of carbonyl (C=O) groups is 1. The highest BCUT2D eigenvalue weighted by atomic mass is 35.5. The number of morpholine rings is 1. The second-order valence-corrected chi connectivity index (χ2v) is 14.7. The normalized spacial score (nSPS) is 16.3. The van der Waals surface area contributed by atoms with Crippen LogP contribution in [0.4, 0.5) is 15.9 Å². The first-order chi connectivity index (χ1) is 24.4. The summed E-state index contributed by atoms with van der Waals surface area (Å²) in [5, 5.41) is 14.2. The summed E-state index contributed by atoms with van der Waals surface area (Å²) >= 11 is 5.89. The zero-order valence-corrected chi connectivity index (χ0v) is 30.8. The fraction of sp³-hybridized carbons (Fsp3) is 0.474. The van der Waals surface area contributed by atoms with Crippen LogP contribution in [0, 0.1) is 11.2 Å². The minimum atomic E-state index is -0.527. The predicted molar refractivity (Wildman–Crippen MR) is 198 cm³/mol. The van der Waals surface area contributed by atoms with Gasteiger partial charge < -0.3 is 24.4 Å². The van der Waals surface area contributed by atoms with Gasteiger partial charge in [0, 0.05) is 85.5 Å². The van der Waals surface area contributed by atoms with E-state index < -0.39 is 5.82 Å². The van der Waals surface area contributed by atoms with E-state index in [0.29, 0.717) is 56.4 Å². The van der Waals surface area contributed by atoms with Crippen LogP contribution in [0.2, 0.25) is 5.02 Å². The number of ether oxygens (including phenoxy) is 3. The van der Waals surface area contributed by atoms with E-state index in [-0.39, 0.29) is 28.4 Å². The molecule has 0 spiro atoms. The van der Waals surface area contributed by atoms with Crippen molar-refractivity contribution in [1.29, 1.82) is 0 Å². The van der Waals surface area contributed by atoms with Gasteiger partial charge >= 0.3 is 0 Å². The minimum absolute atomic E-state index is 0.0340. The van der Waals surface area contributed by atoms with Crippen molar-refractivity contribution in [3.05, 3.63) is 77.0 Å². The van der Waals surface area contributed by atoms with Gasteiger partial charge in [0.25, 0.3) is 0 Å².